The number of pyridine rings is 1. The number of fused-ring (bicyclic) bond motifs is 1. The number of nitrogens with one attached hydrogen (secondary N) is 1. The summed E-state index contributed by atoms with van der Waals surface area (Å²) in [5, 5.41) is 10.5. The highest BCUT2D eigenvalue weighted by molar-refractivity contribution is 7.98. The lowest BCUT2D eigenvalue weighted by Crippen LogP contribution is -2.11. The summed E-state index contributed by atoms with van der Waals surface area (Å²) in [6, 6.07) is 5.85. The van der Waals surface area contributed by atoms with Crippen molar-refractivity contribution in [2.45, 2.75) is 5.03 Å². The van der Waals surface area contributed by atoms with E-state index >= 15 is 0 Å². The van der Waals surface area contributed by atoms with E-state index in [2.05, 4.69) is 4.98 Å². The first kappa shape index (κ1) is 10.7. The molecule has 3 nitrogen and oxygen atoms in total. The molecule has 2 rings (SSSR count). The zero-order chi connectivity index (χ0) is 11.7. The maximum atomic E-state index is 13.1. The molecular formula is C11H7FN2OS. The summed E-state index contributed by atoms with van der Waals surface area (Å²) in [7, 11) is 0. The summed E-state index contributed by atoms with van der Waals surface area (Å²) in [6.45, 7) is 0. The molecule has 0 aliphatic heterocycles. The van der Waals surface area contributed by atoms with Gasteiger partial charge in [0, 0.05) is 10.8 Å². The zero-order valence-electron chi connectivity index (χ0n) is 8.37. The molecule has 0 radical (unpaired) electrons. The molecule has 80 valence electrons. The highest BCUT2D eigenvalue weighted by Gasteiger charge is 2.10. The van der Waals surface area contributed by atoms with E-state index in [0.717, 1.165) is 0 Å². The highest BCUT2D eigenvalue weighted by atomic mass is 32.2. The number of benzene rings is 1. The molecule has 1 N–H and O–H groups in total. The number of nitriles is 1. The van der Waals surface area contributed by atoms with E-state index in [9.17, 15) is 9.18 Å². The summed E-state index contributed by atoms with van der Waals surface area (Å²) in [5.74, 6) is -0.390. The van der Waals surface area contributed by atoms with E-state index in [1.54, 1.807) is 6.26 Å². The molecule has 1 heterocycles. The van der Waals surface area contributed by atoms with Gasteiger partial charge in [0.2, 0.25) is 0 Å². The van der Waals surface area contributed by atoms with Crippen molar-refractivity contribution in [3.05, 3.63) is 39.9 Å². The fourth-order valence-electron chi connectivity index (χ4n) is 1.55. The molecule has 1 aromatic carbocycles. The van der Waals surface area contributed by atoms with Crippen molar-refractivity contribution in [3.8, 4) is 6.07 Å². The number of aromatic nitrogens is 1. The molecule has 0 aliphatic rings. The molecular weight excluding hydrogens is 227 g/mol. The molecule has 2 aromatic rings. The van der Waals surface area contributed by atoms with Crippen LogP contribution < -0.4 is 5.56 Å². The summed E-state index contributed by atoms with van der Waals surface area (Å²) in [4.78, 5) is 14.1. The second-order valence-corrected chi connectivity index (χ2v) is 3.98. The minimum Gasteiger partial charge on any atom is -0.315 e. The standard InChI is InChI=1S/C11H7FN2OS/c1-16-11-8-4-6(12)2-3-7(8)9(5-13)10(15)14-11/h2-4H,1H3,(H,14,15). The van der Waals surface area contributed by atoms with Gasteiger partial charge in [0.15, 0.2) is 0 Å². The Balaban J connectivity index is 3.00. The van der Waals surface area contributed by atoms with E-state index in [-0.39, 0.29) is 5.56 Å². The maximum Gasteiger partial charge on any atom is 0.267 e. The summed E-state index contributed by atoms with van der Waals surface area (Å²) in [5.41, 5.74) is -0.418. The smallest absolute Gasteiger partial charge is 0.267 e. The SMILES string of the molecule is CSc1[nH]c(=O)c(C#N)c2ccc(F)cc12. The van der Waals surface area contributed by atoms with E-state index in [1.165, 1.54) is 30.0 Å². The Kier molecular flexibility index (Phi) is 2.67. The first-order chi connectivity index (χ1) is 7.67. The van der Waals surface area contributed by atoms with Crippen molar-refractivity contribution in [1.29, 1.82) is 5.26 Å². The number of halogens is 1. The second-order valence-electron chi connectivity index (χ2n) is 3.16. The summed E-state index contributed by atoms with van der Waals surface area (Å²) < 4.78 is 13.1. The Labute approximate surface area is 94.9 Å². The molecule has 0 atom stereocenters. The van der Waals surface area contributed by atoms with Gasteiger partial charge in [-0.1, -0.05) is 0 Å². The van der Waals surface area contributed by atoms with Crippen LogP contribution in [0.1, 0.15) is 5.56 Å². The number of hydrogen-bond acceptors (Lipinski definition) is 3. The van der Waals surface area contributed by atoms with Gasteiger partial charge < -0.3 is 4.98 Å². The van der Waals surface area contributed by atoms with Crippen molar-refractivity contribution < 1.29 is 4.39 Å². The maximum absolute atomic E-state index is 13.1. The van der Waals surface area contributed by atoms with Crippen LogP contribution in [0, 0.1) is 17.1 Å². The lowest BCUT2D eigenvalue weighted by atomic mass is 10.1. The van der Waals surface area contributed by atoms with E-state index in [4.69, 9.17) is 5.26 Å². The van der Waals surface area contributed by atoms with E-state index < -0.39 is 11.4 Å². The molecule has 0 unspecified atom stereocenters. The van der Waals surface area contributed by atoms with Crippen LogP contribution in [-0.4, -0.2) is 11.2 Å². The summed E-state index contributed by atoms with van der Waals surface area (Å²) in [6.07, 6.45) is 1.78. The third-order valence-electron chi connectivity index (χ3n) is 2.27. The van der Waals surface area contributed by atoms with Gasteiger partial charge in [-0.25, -0.2) is 4.39 Å². The topological polar surface area (TPSA) is 56.6 Å². The first-order valence-corrected chi connectivity index (χ1v) is 5.69. The number of aromatic amines is 1. The molecule has 0 aliphatic carbocycles. The molecule has 0 bridgehead atoms. The van der Waals surface area contributed by atoms with Gasteiger partial charge in [0.25, 0.3) is 5.56 Å². The Morgan fingerprint density at radius 1 is 1.44 bits per heavy atom. The Bertz CT molecular complexity index is 657. The van der Waals surface area contributed by atoms with Gasteiger partial charge in [-0.15, -0.1) is 11.8 Å². The normalized spacial score (nSPS) is 10.3. The fraction of sp³-hybridized carbons (Fsp3) is 0.0909. The van der Waals surface area contributed by atoms with Crippen LogP contribution >= 0.6 is 11.8 Å². The van der Waals surface area contributed by atoms with Gasteiger partial charge in [0.05, 0.1) is 5.03 Å². The molecule has 0 spiro atoms. The Hall–Kier alpha value is -1.80. The number of rotatable bonds is 1. The van der Waals surface area contributed by atoms with E-state index in [1.807, 2.05) is 6.07 Å². The Morgan fingerprint density at radius 2 is 2.19 bits per heavy atom. The van der Waals surface area contributed by atoms with Crippen LogP contribution in [0.5, 0.6) is 0 Å². The summed E-state index contributed by atoms with van der Waals surface area (Å²) >= 11 is 1.31. The average Bonchev–Trinajstić information content (AvgIpc) is 2.28. The molecule has 0 fully saturated rings. The molecule has 16 heavy (non-hydrogen) atoms. The van der Waals surface area contributed by atoms with Crippen molar-refractivity contribution in [2.24, 2.45) is 0 Å². The predicted octanol–water partition coefficient (Wildman–Crippen LogP) is 2.26. The third-order valence-corrected chi connectivity index (χ3v) is 3.00. The average molecular weight is 234 g/mol. The number of hydrogen-bond donors (Lipinski definition) is 1. The molecule has 0 amide bonds. The van der Waals surface area contributed by atoms with Crippen molar-refractivity contribution >= 4 is 22.5 Å². The van der Waals surface area contributed by atoms with Gasteiger partial charge in [0.1, 0.15) is 17.4 Å². The molecule has 0 saturated carbocycles. The lowest BCUT2D eigenvalue weighted by molar-refractivity contribution is 0.629. The second kappa shape index (κ2) is 3.99. The Morgan fingerprint density at radius 3 is 2.81 bits per heavy atom. The highest BCUT2D eigenvalue weighted by Crippen LogP contribution is 2.25. The van der Waals surface area contributed by atoms with Crippen LogP contribution in [0.3, 0.4) is 0 Å². The minimum absolute atomic E-state index is 0.0211. The zero-order valence-corrected chi connectivity index (χ0v) is 9.19. The molecule has 5 heteroatoms. The van der Waals surface area contributed by atoms with Crippen LogP contribution in [0.15, 0.2) is 28.0 Å². The quantitative estimate of drug-likeness (QED) is 0.770. The van der Waals surface area contributed by atoms with Gasteiger partial charge in [-0.05, 0) is 24.5 Å². The predicted molar refractivity (Wildman–Crippen MR) is 61.0 cm³/mol. The van der Waals surface area contributed by atoms with Crippen LogP contribution in [0.25, 0.3) is 10.8 Å². The van der Waals surface area contributed by atoms with Crippen LogP contribution in [0.4, 0.5) is 4.39 Å². The van der Waals surface area contributed by atoms with Gasteiger partial charge >= 0.3 is 0 Å². The lowest BCUT2D eigenvalue weighted by Gasteiger charge is -2.04. The fourth-order valence-corrected chi connectivity index (χ4v) is 2.13. The number of H-pyrrole nitrogens is 1. The first-order valence-electron chi connectivity index (χ1n) is 4.47. The van der Waals surface area contributed by atoms with Crippen molar-refractivity contribution in [3.63, 3.8) is 0 Å². The largest absolute Gasteiger partial charge is 0.315 e. The van der Waals surface area contributed by atoms with Crippen molar-refractivity contribution in [1.82, 2.24) is 4.98 Å². The van der Waals surface area contributed by atoms with Gasteiger partial charge in [-0.3, -0.25) is 4.79 Å². The van der Waals surface area contributed by atoms with Crippen LogP contribution in [0.2, 0.25) is 0 Å². The molecule has 1 aromatic heterocycles. The third kappa shape index (κ3) is 1.57. The number of thioether (sulfide) groups is 1. The monoisotopic (exact) mass is 234 g/mol. The van der Waals surface area contributed by atoms with Gasteiger partial charge in [-0.2, -0.15) is 5.26 Å². The van der Waals surface area contributed by atoms with Crippen LogP contribution in [-0.2, 0) is 0 Å². The van der Waals surface area contributed by atoms with Crippen molar-refractivity contribution in [2.75, 3.05) is 6.26 Å². The number of nitrogens with zero attached hydrogens (tertiary/aromatic N) is 1. The minimum atomic E-state index is -0.439. The van der Waals surface area contributed by atoms with E-state index in [0.29, 0.717) is 15.8 Å². The molecule has 0 saturated heterocycles.